The Balaban J connectivity index is 1.36. The lowest BCUT2D eigenvalue weighted by Crippen LogP contribution is -2.19. The van der Waals surface area contributed by atoms with Crippen molar-refractivity contribution in [2.45, 2.75) is 26.2 Å². The molecule has 9 aromatic rings. The molecule has 9 rings (SSSR count). The first-order valence-electron chi connectivity index (χ1n) is 16.4. The largest absolute Gasteiger partial charge is 0.308 e. The van der Waals surface area contributed by atoms with E-state index in [9.17, 15) is 0 Å². The van der Waals surface area contributed by atoms with Crippen molar-refractivity contribution < 1.29 is 0 Å². The van der Waals surface area contributed by atoms with Crippen molar-refractivity contribution in [3.8, 4) is 34.2 Å². The van der Waals surface area contributed by atoms with E-state index in [0.29, 0.717) is 11.8 Å². The molecular formula is C43H33N5. The molecule has 0 saturated heterocycles. The summed E-state index contributed by atoms with van der Waals surface area (Å²) in [5, 5.41) is 4.76. The van der Waals surface area contributed by atoms with Crippen LogP contribution in [0.1, 0.15) is 26.6 Å². The normalized spacial score (nSPS) is 12.1. The second kappa shape index (κ2) is 10.7. The van der Waals surface area contributed by atoms with E-state index in [-0.39, 0.29) is 5.41 Å². The van der Waals surface area contributed by atoms with Gasteiger partial charge in [-0.15, -0.1) is 0 Å². The lowest BCUT2D eigenvalue weighted by Gasteiger charge is -2.20. The molecule has 5 heteroatoms. The van der Waals surface area contributed by atoms with Gasteiger partial charge in [-0.1, -0.05) is 136 Å². The standard InChI is InChI=1S/C43H33N5/c1-43(2,3)41-44-40(45-42(46-41)48-36-25-12-7-18-30(36)31-19-8-13-26-37(31)48)34-21-10-14-27-38(34)47-35-24-11-9-20-32(35)33-23-15-22-29(39(33)47)28-16-5-4-6-17-28/h4-27H,1-3H3. The molecule has 0 fully saturated rings. The quantitative estimate of drug-likeness (QED) is 0.197. The van der Waals surface area contributed by atoms with Crippen molar-refractivity contribution >= 4 is 43.6 Å². The highest BCUT2D eigenvalue weighted by atomic mass is 15.2. The van der Waals surface area contributed by atoms with Crippen molar-refractivity contribution in [3.63, 3.8) is 0 Å². The number of fused-ring (bicyclic) bond motifs is 6. The summed E-state index contributed by atoms with van der Waals surface area (Å²) >= 11 is 0. The molecule has 3 heterocycles. The SMILES string of the molecule is CC(C)(C)c1nc(-c2ccccc2-n2c3ccccc3c3cccc(-c4ccccc4)c32)nc(-n2c3ccccc3c3ccccc32)n1. The van der Waals surface area contributed by atoms with Crippen LogP contribution in [0.5, 0.6) is 0 Å². The van der Waals surface area contributed by atoms with Gasteiger partial charge in [0, 0.05) is 38.1 Å². The summed E-state index contributed by atoms with van der Waals surface area (Å²) in [6.45, 7) is 6.48. The van der Waals surface area contributed by atoms with E-state index in [1.807, 2.05) is 0 Å². The summed E-state index contributed by atoms with van der Waals surface area (Å²) in [6, 6.07) is 51.3. The van der Waals surface area contributed by atoms with E-state index in [1.54, 1.807) is 0 Å². The van der Waals surface area contributed by atoms with E-state index >= 15 is 0 Å². The highest BCUT2D eigenvalue weighted by molar-refractivity contribution is 6.14. The highest BCUT2D eigenvalue weighted by Crippen LogP contribution is 2.40. The van der Waals surface area contributed by atoms with Crippen LogP contribution in [0.4, 0.5) is 0 Å². The van der Waals surface area contributed by atoms with E-state index in [2.05, 4.69) is 175 Å². The number of hydrogen-bond acceptors (Lipinski definition) is 3. The lowest BCUT2D eigenvalue weighted by atomic mass is 9.95. The second-order valence-electron chi connectivity index (χ2n) is 13.3. The van der Waals surface area contributed by atoms with Crippen LogP contribution in [0.15, 0.2) is 146 Å². The molecule has 0 radical (unpaired) electrons. The molecule has 5 nitrogen and oxygen atoms in total. The summed E-state index contributed by atoms with van der Waals surface area (Å²) in [5.74, 6) is 2.00. The van der Waals surface area contributed by atoms with Crippen LogP contribution in [-0.4, -0.2) is 24.1 Å². The molecule has 0 saturated carbocycles. The Bertz CT molecular complexity index is 2600. The third kappa shape index (κ3) is 4.35. The van der Waals surface area contributed by atoms with E-state index in [1.165, 1.54) is 32.7 Å². The van der Waals surface area contributed by atoms with Gasteiger partial charge in [0.25, 0.3) is 0 Å². The third-order valence-electron chi connectivity index (χ3n) is 9.24. The van der Waals surface area contributed by atoms with Gasteiger partial charge >= 0.3 is 0 Å². The fraction of sp³-hybridized carbons (Fsp3) is 0.0930. The molecule has 0 aliphatic rings. The number of para-hydroxylation sites is 5. The first kappa shape index (κ1) is 28.2. The van der Waals surface area contributed by atoms with Crippen molar-refractivity contribution in [1.82, 2.24) is 24.1 Å². The van der Waals surface area contributed by atoms with Gasteiger partial charge < -0.3 is 4.57 Å². The molecule has 0 amide bonds. The number of nitrogens with zero attached hydrogens (tertiary/aromatic N) is 5. The first-order chi connectivity index (χ1) is 23.5. The van der Waals surface area contributed by atoms with Gasteiger partial charge in [0.15, 0.2) is 5.82 Å². The number of hydrogen-bond donors (Lipinski definition) is 0. The van der Waals surface area contributed by atoms with Gasteiger partial charge in [0.1, 0.15) is 5.82 Å². The minimum absolute atomic E-state index is 0.312. The molecule has 0 atom stereocenters. The van der Waals surface area contributed by atoms with Crippen LogP contribution in [0.3, 0.4) is 0 Å². The van der Waals surface area contributed by atoms with Gasteiger partial charge in [0.05, 0.1) is 27.8 Å². The molecule has 0 unspecified atom stereocenters. The molecule has 6 aromatic carbocycles. The van der Waals surface area contributed by atoms with Crippen LogP contribution in [-0.2, 0) is 5.41 Å². The van der Waals surface area contributed by atoms with Crippen LogP contribution in [0.25, 0.3) is 77.8 Å². The van der Waals surface area contributed by atoms with Gasteiger partial charge in [-0.3, -0.25) is 4.57 Å². The van der Waals surface area contributed by atoms with Gasteiger partial charge in [0.2, 0.25) is 5.95 Å². The van der Waals surface area contributed by atoms with Crippen molar-refractivity contribution in [1.29, 1.82) is 0 Å². The zero-order chi connectivity index (χ0) is 32.4. The summed E-state index contributed by atoms with van der Waals surface area (Å²) < 4.78 is 4.57. The fourth-order valence-electron chi connectivity index (χ4n) is 7.04. The minimum Gasteiger partial charge on any atom is -0.308 e. The Morgan fingerprint density at radius 2 is 0.958 bits per heavy atom. The maximum Gasteiger partial charge on any atom is 0.238 e. The van der Waals surface area contributed by atoms with E-state index < -0.39 is 0 Å². The summed E-state index contributed by atoms with van der Waals surface area (Å²) in [5.41, 5.74) is 8.43. The molecule has 0 N–H and O–H groups in total. The van der Waals surface area contributed by atoms with Gasteiger partial charge in [-0.25, -0.2) is 4.98 Å². The Kier molecular flexibility index (Phi) is 6.31. The number of rotatable bonds is 4. The van der Waals surface area contributed by atoms with Crippen molar-refractivity contribution in [3.05, 3.63) is 151 Å². The molecule has 0 spiro atoms. The average Bonchev–Trinajstić information content (AvgIpc) is 3.65. The molecule has 0 bridgehead atoms. The van der Waals surface area contributed by atoms with Gasteiger partial charge in [-0.05, 0) is 35.9 Å². The molecule has 230 valence electrons. The predicted octanol–water partition coefficient (Wildman–Crippen LogP) is 10.7. The molecule has 3 aromatic heterocycles. The van der Waals surface area contributed by atoms with Crippen molar-refractivity contribution in [2.24, 2.45) is 0 Å². The predicted molar refractivity (Wildman–Crippen MR) is 198 cm³/mol. The fourth-order valence-corrected chi connectivity index (χ4v) is 7.04. The Hall–Kier alpha value is -6.07. The zero-order valence-electron chi connectivity index (χ0n) is 27.1. The molecule has 0 aliphatic heterocycles. The lowest BCUT2D eigenvalue weighted by molar-refractivity contribution is 0.540. The van der Waals surface area contributed by atoms with Crippen LogP contribution in [0.2, 0.25) is 0 Å². The van der Waals surface area contributed by atoms with Crippen LogP contribution in [0, 0.1) is 0 Å². The Morgan fingerprint density at radius 1 is 0.438 bits per heavy atom. The third-order valence-corrected chi connectivity index (χ3v) is 9.24. The Labute approximate surface area is 278 Å². The summed E-state index contributed by atoms with van der Waals surface area (Å²) in [4.78, 5) is 15.7. The Morgan fingerprint density at radius 3 is 1.62 bits per heavy atom. The van der Waals surface area contributed by atoms with Gasteiger partial charge in [-0.2, -0.15) is 9.97 Å². The molecule has 48 heavy (non-hydrogen) atoms. The van der Waals surface area contributed by atoms with E-state index in [4.69, 9.17) is 15.0 Å². The van der Waals surface area contributed by atoms with Crippen molar-refractivity contribution in [2.75, 3.05) is 0 Å². The summed E-state index contributed by atoms with van der Waals surface area (Å²) in [7, 11) is 0. The van der Waals surface area contributed by atoms with Crippen LogP contribution >= 0.6 is 0 Å². The molecule has 0 aliphatic carbocycles. The second-order valence-corrected chi connectivity index (χ2v) is 13.3. The highest BCUT2D eigenvalue weighted by Gasteiger charge is 2.25. The summed E-state index contributed by atoms with van der Waals surface area (Å²) in [6.07, 6.45) is 0. The maximum atomic E-state index is 5.30. The topological polar surface area (TPSA) is 48.5 Å². The zero-order valence-corrected chi connectivity index (χ0v) is 27.1. The average molecular weight is 620 g/mol. The number of aromatic nitrogens is 5. The van der Waals surface area contributed by atoms with E-state index in [0.717, 1.165) is 39.1 Å². The number of benzene rings is 6. The smallest absolute Gasteiger partial charge is 0.238 e. The first-order valence-corrected chi connectivity index (χ1v) is 16.4. The minimum atomic E-state index is -0.312. The monoisotopic (exact) mass is 619 g/mol. The maximum absolute atomic E-state index is 5.30. The van der Waals surface area contributed by atoms with Crippen LogP contribution < -0.4 is 0 Å². The molecular weight excluding hydrogens is 587 g/mol.